The van der Waals surface area contributed by atoms with Crippen LogP contribution in [-0.4, -0.2) is 31.7 Å². The van der Waals surface area contributed by atoms with Crippen molar-refractivity contribution >= 4 is 6.29 Å². The lowest BCUT2D eigenvalue weighted by molar-refractivity contribution is -0.118. The molecule has 2 atom stereocenters. The van der Waals surface area contributed by atoms with Gasteiger partial charge in [-0.15, -0.1) is 0 Å². The lowest BCUT2D eigenvalue weighted by Gasteiger charge is -2.11. The Morgan fingerprint density at radius 3 is 2.14 bits per heavy atom. The molecule has 1 aliphatic rings. The molecule has 1 heterocycles. The maximum atomic E-state index is 10.6. The van der Waals surface area contributed by atoms with Gasteiger partial charge in [-0.1, -0.05) is 64.7 Å². The molecule has 0 unspecified atom stereocenters. The molecule has 0 N–H and O–H groups in total. The zero-order valence-electron chi connectivity index (χ0n) is 13.9. The smallest absolute Gasteiger partial charge is 0.148 e. The molecule has 0 saturated carbocycles. The summed E-state index contributed by atoms with van der Waals surface area (Å²) in [6.07, 6.45) is 16.2. The standard InChI is InChI=1S/C18H34O3/c1-2-3-4-5-6-7-8-9-10-11-14-20-16-18-13-12-17(15-19)21-18/h15,17-18H,2-14,16H2,1H3/t17-,18+/m0/s1. The van der Waals surface area contributed by atoms with Crippen LogP contribution in [0.1, 0.15) is 84.0 Å². The molecule has 0 bridgehead atoms. The summed E-state index contributed by atoms with van der Waals surface area (Å²) in [4.78, 5) is 10.6. The number of carbonyl (C=O) groups is 1. The fourth-order valence-electron chi connectivity index (χ4n) is 2.86. The molecule has 0 aromatic rings. The van der Waals surface area contributed by atoms with Gasteiger partial charge in [-0.25, -0.2) is 0 Å². The van der Waals surface area contributed by atoms with Crippen molar-refractivity contribution in [1.82, 2.24) is 0 Å². The van der Waals surface area contributed by atoms with E-state index in [0.717, 1.165) is 32.2 Å². The third-order valence-electron chi connectivity index (χ3n) is 4.24. The fourth-order valence-corrected chi connectivity index (χ4v) is 2.86. The Bertz CT molecular complexity index is 243. The average molecular weight is 298 g/mol. The molecule has 0 aromatic carbocycles. The Labute approximate surface area is 130 Å². The number of carbonyl (C=O) groups excluding carboxylic acids is 1. The number of unbranched alkanes of at least 4 members (excludes halogenated alkanes) is 9. The van der Waals surface area contributed by atoms with Crippen LogP contribution >= 0.6 is 0 Å². The second-order valence-electron chi connectivity index (χ2n) is 6.27. The minimum absolute atomic E-state index is 0.142. The molecular formula is C18H34O3. The maximum Gasteiger partial charge on any atom is 0.148 e. The van der Waals surface area contributed by atoms with Gasteiger partial charge in [0.1, 0.15) is 12.4 Å². The number of hydrogen-bond acceptors (Lipinski definition) is 3. The Hall–Kier alpha value is -0.410. The van der Waals surface area contributed by atoms with Crippen LogP contribution in [-0.2, 0) is 14.3 Å². The van der Waals surface area contributed by atoms with Gasteiger partial charge in [0, 0.05) is 6.61 Å². The molecule has 0 spiro atoms. The van der Waals surface area contributed by atoms with Crippen molar-refractivity contribution in [3.63, 3.8) is 0 Å². The largest absolute Gasteiger partial charge is 0.379 e. The second-order valence-corrected chi connectivity index (χ2v) is 6.27. The van der Waals surface area contributed by atoms with Crippen LogP contribution in [0.25, 0.3) is 0 Å². The minimum atomic E-state index is -0.184. The third kappa shape index (κ3) is 10.0. The summed E-state index contributed by atoms with van der Waals surface area (Å²) in [6.45, 7) is 3.76. The number of rotatable bonds is 14. The monoisotopic (exact) mass is 298 g/mol. The van der Waals surface area contributed by atoms with Crippen LogP contribution in [0.5, 0.6) is 0 Å². The van der Waals surface area contributed by atoms with Gasteiger partial charge in [-0.2, -0.15) is 0 Å². The summed E-state index contributed by atoms with van der Waals surface area (Å²) in [6, 6.07) is 0. The molecule has 124 valence electrons. The van der Waals surface area contributed by atoms with E-state index in [1.165, 1.54) is 57.8 Å². The van der Waals surface area contributed by atoms with Gasteiger partial charge >= 0.3 is 0 Å². The predicted octanol–water partition coefficient (Wildman–Crippen LogP) is 4.67. The Morgan fingerprint density at radius 2 is 1.57 bits per heavy atom. The molecule has 0 aliphatic carbocycles. The van der Waals surface area contributed by atoms with Crippen molar-refractivity contribution in [1.29, 1.82) is 0 Å². The molecular weight excluding hydrogens is 264 g/mol. The summed E-state index contributed by atoms with van der Waals surface area (Å²) >= 11 is 0. The normalized spacial score (nSPS) is 21.8. The minimum Gasteiger partial charge on any atom is -0.379 e. The number of aldehydes is 1. The number of ether oxygens (including phenoxy) is 2. The van der Waals surface area contributed by atoms with E-state index in [4.69, 9.17) is 9.47 Å². The van der Waals surface area contributed by atoms with E-state index in [1.54, 1.807) is 0 Å². The highest BCUT2D eigenvalue weighted by Crippen LogP contribution is 2.18. The van der Waals surface area contributed by atoms with Crippen molar-refractivity contribution in [2.75, 3.05) is 13.2 Å². The molecule has 0 radical (unpaired) electrons. The first kappa shape index (κ1) is 18.6. The molecule has 1 rings (SSSR count). The lowest BCUT2D eigenvalue weighted by Crippen LogP contribution is -2.17. The summed E-state index contributed by atoms with van der Waals surface area (Å²) in [5, 5.41) is 0. The van der Waals surface area contributed by atoms with Crippen molar-refractivity contribution in [2.24, 2.45) is 0 Å². The summed E-state index contributed by atoms with van der Waals surface area (Å²) in [5.74, 6) is 0. The van der Waals surface area contributed by atoms with E-state index < -0.39 is 0 Å². The zero-order chi connectivity index (χ0) is 15.2. The van der Waals surface area contributed by atoms with Gasteiger partial charge in [0.15, 0.2) is 0 Å². The molecule has 1 aliphatic heterocycles. The highest BCUT2D eigenvalue weighted by Gasteiger charge is 2.24. The van der Waals surface area contributed by atoms with Crippen LogP contribution in [0, 0.1) is 0 Å². The Kier molecular flexibility index (Phi) is 11.8. The lowest BCUT2D eigenvalue weighted by atomic mass is 10.1. The highest BCUT2D eigenvalue weighted by atomic mass is 16.5. The van der Waals surface area contributed by atoms with Gasteiger partial charge in [0.05, 0.1) is 12.7 Å². The first-order chi connectivity index (χ1) is 10.4. The summed E-state index contributed by atoms with van der Waals surface area (Å²) in [5.41, 5.74) is 0. The van der Waals surface area contributed by atoms with Crippen molar-refractivity contribution in [3.05, 3.63) is 0 Å². The van der Waals surface area contributed by atoms with E-state index in [-0.39, 0.29) is 12.2 Å². The Balaban J connectivity index is 1.74. The second kappa shape index (κ2) is 13.3. The van der Waals surface area contributed by atoms with Crippen molar-refractivity contribution in [2.45, 2.75) is 96.2 Å². The first-order valence-corrected chi connectivity index (χ1v) is 9.05. The van der Waals surface area contributed by atoms with Crippen molar-refractivity contribution < 1.29 is 14.3 Å². The van der Waals surface area contributed by atoms with Crippen LogP contribution in [0.3, 0.4) is 0 Å². The van der Waals surface area contributed by atoms with E-state index in [0.29, 0.717) is 6.61 Å². The van der Waals surface area contributed by atoms with Crippen LogP contribution in [0.4, 0.5) is 0 Å². The predicted molar refractivity (Wildman–Crippen MR) is 86.6 cm³/mol. The molecule has 3 heteroatoms. The Morgan fingerprint density at radius 1 is 0.952 bits per heavy atom. The van der Waals surface area contributed by atoms with E-state index in [9.17, 15) is 4.79 Å². The molecule has 1 fully saturated rings. The zero-order valence-corrected chi connectivity index (χ0v) is 13.9. The average Bonchev–Trinajstić information content (AvgIpc) is 2.96. The quantitative estimate of drug-likeness (QED) is 0.345. The topological polar surface area (TPSA) is 35.5 Å². The third-order valence-corrected chi connectivity index (χ3v) is 4.24. The first-order valence-electron chi connectivity index (χ1n) is 9.05. The molecule has 3 nitrogen and oxygen atoms in total. The van der Waals surface area contributed by atoms with Crippen molar-refractivity contribution in [3.8, 4) is 0 Å². The van der Waals surface area contributed by atoms with Gasteiger partial charge in [-0.3, -0.25) is 0 Å². The summed E-state index contributed by atoms with van der Waals surface area (Å²) in [7, 11) is 0. The molecule has 21 heavy (non-hydrogen) atoms. The molecule has 0 aromatic heterocycles. The fraction of sp³-hybridized carbons (Fsp3) is 0.944. The van der Waals surface area contributed by atoms with Crippen LogP contribution in [0.15, 0.2) is 0 Å². The van der Waals surface area contributed by atoms with Crippen LogP contribution < -0.4 is 0 Å². The van der Waals surface area contributed by atoms with Crippen LogP contribution in [0.2, 0.25) is 0 Å². The number of hydrogen-bond donors (Lipinski definition) is 0. The van der Waals surface area contributed by atoms with E-state index in [1.807, 2.05) is 0 Å². The van der Waals surface area contributed by atoms with Gasteiger partial charge in [0.25, 0.3) is 0 Å². The van der Waals surface area contributed by atoms with Gasteiger partial charge in [-0.05, 0) is 19.3 Å². The molecule has 0 amide bonds. The summed E-state index contributed by atoms with van der Waals surface area (Å²) < 4.78 is 11.2. The SMILES string of the molecule is CCCCCCCCCCCCOC[C@H]1CC[C@@H](C=O)O1. The van der Waals surface area contributed by atoms with Gasteiger partial charge in [0.2, 0.25) is 0 Å². The van der Waals surface area contributed by atoms with E-state index in [2.05, 4.69) is 6.92 Å². The highest BCUT2D eigenvalue weighted by molar-refractivity contribution is 5.56. The van der Waals surface area contributed by atoms with Gasteiger partial charge < -0.3 is 14.3 Å². The van der Waals surface area contributed by atoms with E-state index >= 15 is 0 Å². The molecule has 1 saturated heterocycles. The maximum absolute atomic E-state index is 10.6.